The summed E-state index contributed by atoms with van der Waals surface area (Å²) >= 11 is 17.3. The second-order valence-electron chi connectivity index (χ2n) is 4.54. The molecule has 0 bridgehead atoms. The fraction of sp³-hybridized carbons (Fsp3) is 0.143. The third-order valence-electron chi connectivity index (χ3n) is 2.87. The molecule has 0 aliphatic heterocycles. The maximum Gasteiger partial charge on any atom is 0.359 e. The summed E-state index contributed by atoms with van der Waals surface area (Å²) < 4.78 is 6.29. The highest BCUT2D eigenvalue weighted by atomic mass is 35.5. The number of aryl methyl sites for hydroxylation is 1. The van der Waals surface area contributed by atoms with Crippen molar-refractivity contribution in [2.24, 2.45) is 7.05 Å². The fourth-order valence-corrected chi connectivity index (χ4v) is 2.27. The van der Waals surface area contributed by atoms with E-state index in [-0.39, 0.29) is 26.5 Å². The Balaban J connectivity index is 1.95. The molecule has 0 fully saturated rings. The highest BCUT2D eigenvalue weighted by Gasteiger charge is 2.20. The molecule has 0 aliphatic rings. The van der Waals surface area contributed by atoms with Crippen LogP contribution < -0.4 is 5.32 Å². The number of halogens is 3. The van der Waals surface area contributed by atoms with E-state index < -0.39 is 24.4 Å². The summed E-state index contributed by atoms with van der Waals surface area (Å²) in [6.45, 7) is -0.687. The zero-order valence-electron chi connectivity index (χ0n) is 12.2. The van der Waals surface area contributed by atoms with E-state index in [4.69, 9.17) is 39.5 Å². The molecule has 2 rings (SSSR count). The zero-order chi connectivity index (χ0) is 17.9. The summed E-state index contributed by atoms with van der Waals surface area (Å²) in [5.74, 6) is -2.39. The van der Waals surface area contributed by atoms with E-state index in [1.807, 2.05) is 0 Å². The van der Waals surface area contributed by atoms with Gasteiger partial charge in [0.15, 0.2) is 12.3 Å². The fourth-order valence-electron chi connectivity index (χ4n) is 1.71. The van der Waals surface area contributed by atoms with Crippen LogP contribution in [0.5, 0.6) is 0 Å². The molecule has 0 aromatic carbocycles. The highest BCUT2D eigenvalue weighted by Crippen LogP contribution is 2.31. The van der Waals surface area contributed by atoms with Gasteiger partial charge in [-0.1, -0.05) is 34.8 Å². The molecule has 2 heterocycles. The topological polar surface area (TPSA) is 90.3 Å². The lowest BCUT2D eigenvalue weighted by Crippen LogP contribution is -2.35. The first-order valence-electron chi connectivity index (χ1n) is 6.43. The van der Waals surface area contributed by atoms with Crippen molar-refractivity contribution >= 4 is 52.6 Å². The van der Waals surface area contributed by atoms with Crippen molar-refractivity contribution in [3.8, 4) is 0 Å². The second-order valence-corrected chi connectivity index (χ2v) is 5.70. The van der Waals surface area contributed by atoms with Gasteiger partial charge in [0.2, 0.25) is 0 Å². The molecule has 0 unspecified atom stereocenters. The number of ether oxygens (including phenoxy) is 1. The molecule has 0 radical (unpaired) electrons. The number of nitrogens with one attached hydrogen (secondary N) is 1. The summed E-state index contributed by atoms with van der Waals surface area (Å²) in [4.78, 5) is 39.1. The van der Waals surface area contributed by atoms with Crippen LogP contribution in [0.3, 0.4) is 0 Å². The molecule has 0 aliphatic carbocycles. The molecular formula is C14H10Cl3N3O4. The van der Waals surface area contributed by atoms with Crippen LogP contribution in [0.1, 0.15) is 21.0 Å². The molecule has 2 amide bonds. The summed E-state index contributed by atoms with van der Waals surface area (Å²) in [5.41, 5.74) is -0.00324. The first-order chi connectivity index (χ1) is 11.3. The van der Waals surface area contributed by atoms with Gasteiger partial charge in [0.05, 0.1) is 15.1 Å². The minimum absolute atomic E-state index is 0.0522. The van der Waals surface area contributed by atoms with Gasteiger partial charge in [0, 0.05) is 19.4 Å². The molecule has 10 heteroatoms. The predicted molar refractivity (Wildman–Crippen MR) is 87.4 cm³/mol. The number of esters is 1. The largest absolute Gasteiger partial charge is 0.451 e. The Hall–Kier alpha value is -2.09. The number of carbonyl (C=O) groups excluding carboxylic acids is 3. The highest BCUT2D eigenvalue weighted by molar-refractivity contribution is 6.48. The van der Waals surface area contributed by atoms with Crippen LogP contribution in [-0.2, 0) is 16.6 Å². The van der Waals surface area contributed by atoms with Crippen molar-refractivity contribution in [3.63, 3.8) is 0 Å². The van der Waals surface area contributed by atoms with E-state index in [9.17, 15) is 14.4 Å². The van der Waals surface area contributed by atoms with Gasteiger partial charge < -0.3 is 9.30 Å². The number of pyridine rings is 1. The number of hydrogen-bond acceptors (Lipinski definition) is 5. The first kappa shape index (κ1) is 18.3. The average molecular weight is 391 g/mol. The van der Waals surface area contributed by atoms with Crippen LogP contribution in [0.2, 0.25) is 15.1 Å². The van der Waals surface area contributed by atoms with Crippen molar-refractivity contribution in [1.82, 2.24) is 14.9 Å². The molecule has 2 aromatic rings. The lowest BCUT2D eigenvalue weighted by molar-refractivity contribution is -0.123. The maximum atomic E-state index is 11.9. The van der Waals surface area contributed by atoms with Crippen LogP contribution in [0.15, 0.2) is 24.5 Å². The summed E-state index contributed by atoms with van der Waals surface area (Å²) in [5, 5.41) is 1.92. The molecule has 126 valence electrons. The van der Waals surface area contributed by atoms with Crippen LogP contribution in [0, 0.1) is 0 Å². The van der Waals surface area contributed by atoms with Gasteiger partial charge in [-0.25, -0.2) is 9.78 Å². The number of carbonyl (C=O) groups is 3. The van der Waals surface area contributed by atoms with E-state index in [1.165, 1.54) is 10.6 Å². The maximum absolute atomic E-state index is 11.9. The zero-order valence-corrected chi connectivity index (χ0v) is 14.4. The van der Waals surface area contributed by atoms with E-state index >= 15 is 0 Å². The SMILES string of the molecule is Cn1cccc1C(=O)NC(=O)COC(=O)c1ncc(Cl)c(Cl)c1Cl. The molecule has 0 saturated carbocycles. The Bertz CT molecular complexity index is 820. The van der Waals surface area contributed by atoms with Crippen molar-refractivity contribution in [2.45, 2.75) is 0 Å². The first-order valence-corrected chi connectivity index (χ1v) is 7.56. The van der Waals surface area contributed by atoms with E-state index in [2.05, 4.69) is 10.3 Å². The number of rotatable bonds is 4. The summed E-state index contributed by atoms with van der Waals surface area (Å²) in [6.07, 6.45) is 2.78. The quantitative estimate of drug-likeness (QED) is 0.810. The Labute approximate surface area is 151 Å². The van der Waals surface area contributed by atoms with Crippen molar-refractivity contribution in [1.29, 1.82) is 0 Å². The van der Waals surface area contributed by atoms with E-state index in [0.717, 1.165) is 6.20 Å². The number of nitrogens with zero attached hydrogens (tertiary/aromatic N) is 2. The van der Waals surface area contributed by atoms with Gasteiger partial charge in [-0.15, -0.1) is 0 Å². The number of aromatic nitrogens is 2. The molecule has 1 N–H and O–H groups in total. The summed E-state index contributed by atoms with van der Waals surface area (Å²) in [6, 6.07) is 3.19. The molecule has 7 nitrogen and oxygen atoms in total. The number of hydrogen-bond donors (Lipinski definition) is 1. The lowest BCUT2D eigenvalue weighted by Gasteiger charge is -2.08. The van der Waals surface area contributed by atoms with Crippen LogP contribution in [0.4, 0.5) is 0 Å². The van der Waals surface area contributed by atoms with Crippen LogP contribution in [-0.4, -0.2) is 33.9 Å². The minimum atomic E-state index is -0.972. The molecule has 0 spiro atoms. The Kier molecular flexibility index (Phi) is 5.82. The molecule has 0 saturated heterocycles. The lowest BCUT2D eigenvalue weighted by atomic mass is 10.3. The van der Waals surface area contributed by atoms with Gasteiger partial charge in [0.25, 0.3) is 11.8 Å². The number of amides is 2. The minimum Gasteiger partial charge on any atom is -0.451 e. The van der Waals surface area contributed by atoms with E-state index in [0.29, 0.717) is 0 Å². The monoisotopic (exact) mass is 389 g/mol. The van der Waals surface area contributed by atoms with Crippen molar-refractivity contribution in [2.75, 3.05) is 6.61 Å². The van der Waals surface area contributed by atoms with Gasteiger partial charge in [-0.2, -0.15) is 0 Å². The van der Waals surface area contributed by atoms with Crippen LogP contribution >= 0.6 is 34.8 Å². The predicted octanol–water partition coefficient (Wildman–Crippen LogP) is 2.49. The molecular weight excluding hydrogens is 381 g/mol. The Morgan fingerprint density at radius 2 is 1.96 bits per heavy atom. The Morgan fingerprint density at radius 1 is 1.25 bits per heavy atom. The number of imide groups is 1. The van der Waals surface area contributed by atoms with Gasteiger partial charge >= 0.3 is 5.97 Å². The van der Waals surface area contributed by atoms with Crippen molar-refractivity contribution in [3.05, 3.63) is 51.0 Å². The van der Waals surface area contributed by atoms with Gasteiger partial charge in [0.1, 0.15) is 5.69 Å². The van der Waals surface area contributed by atoms with Crippen molar-refractivity contribution < 1.29 is 19.1 Å². The van der Waals surface area contributed by atoms with E-state index in [1.54, 1.807) is 19.3 Å². The summed E-state index contributed by atoms with van der Waals surface area (Å²) in [7, 11) is 1.65. The normalized spacial score (nSPS) is 10.3. The smallest absolute Gasteiger partial charge is 0.359 e. The third-order valence-corrected chi connectivity index (χ3v) is 4.11. The second kappa shape index (κ2) is 7.65. The average Bonchev–Trinajstić information content (AvgIpc) is 2.96. The third kappa shape index (κ3) is 4.05. The Morgan fingerprint density at radius 3 is 2.58 bits per heavy atom. The molecule has 2 aromatic heterocycles. The standard InChI is InChI=1S/C14H10Cl3N3O4/c1-20-4-2-3-8(20)13(22)19-9(21)6-24-14(23)12-11(17)10(16)7(15)5-18-12/h2-5H,6H2,1H3,(H,19,21,22). The van der Waals surface area contributed by atoms with Gasteiger partial charge in [-0.3, -0.25) is 14.9 Å². The van der Waals surface area contributed by atoms with Crippen LogP contribution in [0.25, 0.3) is 0 Å². The molecule has 24 heavy (non-hydrogen) atoms. The molecule has 0 atom stereocenters. The van der Waals surface area contributed by atoms with Gasteiger partial charge in [-0.05, 0) is 12.1 Å².